The average Bonchev–Trinajstić information content (AvgIpc) is 2.98. The van der Waals surface area contributed by atoms with Crippen molar-refractivity contribution in [1.29, 1.82) is 0 Å². The number of amides is 2. The number of likely N-dealkylation sites (N-methyl/N-ethyl adjacent to an activating group) is 1. The third-order valence-electron chi connectivity index (χ3n) is 6.69. The Hall–Kier alpha value is -3.95. The summed E-state index contributed by atoms with van der Waals surface area (Å²) in [7, 11) is -2.58. The zero-order valence-corrected chi connectivity index (χ0v) is 25.3. The van der Waals surface area contributed by atoms with E-state index in [2.05, 4.69) is 21.2 Å². The molecule has 0 aromatic heterocycles. The van der Waals surface area contributed by atoms with Gasteiger partial charge in [0.2, 0.25) is 11.8 Å². The summed E-state index contributed by atoms with van der Waals surface area (Å²) in [6.07, 6.45) is 0.260. The van der Waals surface area contributed by atoms with Crippen LogP contribution in [0.2, 0.25) is 0 Å². The minimum atomic E-state index is -4.11. The van der Waals surface area contributed by atoms with Crippen molar-refractivity contribution in [3.8, 4) is 0 Å². The highest BCUT2D eigenvalue weighted by molar-refractivity contribution is 9.10. The number of carbonyl (C=O) groups is 2. The maximum absolute atomic E-state index is 14.2. The van der Waals surface area contributed by atoms with Gasteiger partial charge in [-0.1, -0.05) is 94.3 Å². The van der Waals surface area contributed by atoms with Gasteiger partial charge < -0.3 is 10.2 Å². The standard InChI is InChI=1S/C32H32BrN3O4S/c1-24-16-18-29(19-17-24)41(39,40)36(28-14-7-4-8-15-28)23-31(37)35(22-26-12-9-13-27(33)20-26)30(32(38)34-2)21-25-10-5-3-6-11-25/h3-20,30H,21-23H2,1-2H3,(H,34,38). The summed E-state index contributed by atoms with van der Waals surface area (Å²) in [5.74, 6) is -0.848. The number of rotatable bonds is 11. The molecule has 0 aliphatic rings. The van der Waals surface area contributed by atoms with E-state index >= 15 is 0 Å². The first kappa shape index (κ1) is 30.0. The summed E-state index contributed by atoms with van der Waals surface area (Å²) in [5, 5.41) is 2.69. The summed E-state index contributed by atoms with van der Waals surface area (Å²) in [6, 6.07) is 31.1. The summed E-state index contributed by atoms with van der Waals surface area (Å²) in [6.45, 7) is 1.49. The van der Waals surface area contributed by atoms with Crippen LogP contribution in [-0.4, -0.2) is 44.8 Å². The molecule has 0 radical (unpaired) electrons. The number of hydrogen-bond donors (Lipinski definition) is 1. The van der Waals surface area contributed by atoms with E-state index in [9.17, 15) is 18.0 Å². The molecule has 0 saturated heterocycles. The maximum atomic E-state index is 14.2. The number of carbonyl (C=O) groups excluding carboxylic acids is 2. The Morgan fingerprint density at radius 1 is 0.829 bits per heavy atom. The lowest BCUT2D eigenvalue weighted by Crippen LogP contribution is -2.53. The highest BCUT2D eigenvalue weighted by atomic mass is 79.9. The first-order valence-electron chi connectivity index (χ1n) is 13.1. The molecule has 212 valence electrons. The van der Waals surface area contributed by atoms with Crippen molar-refractivity contribution in [2.24, 2.45) is 0 Å². The van der Waals surface area contributed by atoms with Crippen LogP contribution in [0.3, 0.4) is 0 Å². The number of nitrogens with zero attached hydrogens (tertiary/aromatic N) is 2. The Morgan fingerprint density at radius 3 is 2.05 bits per heavy atom. The molecular weight excluding hydrogens is 602 g/mol. The molecule has 0 spiro atoms. The molecule has 0 fully saturated rings. The zero-order chi connectivity index (χ0) is 29.4. The van der Waals surface area contributed by atoms with Crippen LogP contribution in [0.4, 0.5) is 5.69 Å². The fourth-order valence-electron chi connectivity index (χ4n) is 4.51. The molecule has 0 saturated carbocycles. The lowest BCUT2D eigenvalue weighted by molar-refractivity contribution is -0.139. The van der Waals surface area contributed by atoms with Crippen LogP contribution in [0.5, 0.6) is 0 Å². The van der Waals surface area contributed by atoms with Gasteiger partial charge >= 0.3 is 0 Å². The molecule has 9 heteroatoms. The van der Waals surface area contributed by atoms with Crippen molar-refractivity contribution >= 4 is 43.5 Å². The van der Waals surface area contributed by atoms with E-state index in [1.807, 2.05) is 61.5 Å². The summed E-state index contributed by atoms with van der Waals surface area (Å²) < 4.78 is 29.8. The molecule has 41 heavy (non-hydrogen) atoms. The predicted octanol–water partition coefficient (Wildman–Crippen LogP) is 5.34. The van der Waals surface area contributed by atoms with Crippen molar-refractivity contribution in [3.63, 3.8) is 0 Å². The SMILES string of the molecule is CNC(=O)C(Cc1ccccc1)N(Cc1cccc(Br)c1)C(=O)CN(c1ccccc1)S(=O)(=O)c1ccc(C)cc1. The fraction of sp³-hybridized carbons (Fsp3) is 0.188. The average molecular weight is 635 g/mol. The summed E-state index contributed by atoms with van der Waals surface area (Å²) in [5.41, 5.74) is 2.94. The van der Waals surface area contributed by atoms with Crippen LogP contribution in [0.25, 0.3) is 0 Å². The van der Waals surface area contributed by atoms with Gasteiger partial charge in [-0.05, 0) is 54.4 Å². The lowest BCUT2D eigenvalue weighted by atomic mass is 10.0. The number of sulfonamides is 1. The third-order valence-corrected chi connectivity index (χ3v) is 8.97. The minimum Gasteiger partial charge on any atom is -0.357 e. The van der Waals surface area contributed by atoms with Crippen molar-refractivity contribution in [2.45, 2.75) is 30.8 Å². The lowest BCUT2D eigenvalue weighted by Gasteiger charge is -2.33. The van der Waals surface area contributed by atoms with Gasteiger partial charge in [-0.25, -0.2) is 8.42 Å². The molecule has 1 N–H and O–H groups in total. The van der Waals surface area contributed by atoms with E-state index in [0.717, 1.165) is 25.5 Å². The van der Waals surface area contributed by atoms with Gasteiger partial charge in [0.25, 0.3) is 10.0 Å². The van der Waals surface area contributed by atoms with Gasteiger partial charge in [0.1, 0.15) is 12.6 Å². The smallest absolute Gasteiger partial charge is 0.264 e. The molecular formula is C32H32BrN3O4S. The molecule has 0 bridgehead atoms. The molecule has 0 aliphatic carbocycles. The third kappa shape index (κ3) is 7.62. The van der Waals surface area contributed by atoms with Crippen molar-refractivity contribution in [3.05, 3.63) is 130 Å². The molecule has 4 rings (SSSR count). The van der Waals surface area contributed by atoms with E-state index in [-0.39, 0.29) is 23.8 Å². The largest absolute Gasteiger partial charge is 0.357 e. The first-order chi connectivity index (χ1) is 19.7. The van der Waals surface area contributed by atoms with Crippen molar-refractivity contribution < 1.29 is 18.0 Å². The fourth-order valence-corrected chi connectivity index (χ4v) is 6.37. The summed E-state index contributed by atoms with van der Waals surface area (Å²) in [4.78, 5) is 29.0. The molecule has 4 aromatic carbocycles. The van der Waals surface area contributed by atoms with Crippen LogP contribution in [0.1, 0.15) is 16.7 Å². The molecule has 4 aromatic rings. The number of hydrogen-bond acceptors (Lipinski definition) is 4. The van der Waals surface area contributed by atoms with Gasteiger partial charge in [0, 0.05) is 24.5 Å². The number of benzene rings is 4. The molecule has 0 aliphatic heterocycles. The van der Waals surface area contributed by atoms with Gasteiger partial charge in [0.05, 0.1) is 10.6 Å². The monoisotopic (exact) mass is 633 g/mol. The van der Waals surface area contributed by atoms with E-state index in [0.29, 0.717) is 5.69 Å². The van der Waals surface area contributed by atoms with Gasteiger partial charge in [-0.2, -0.15) is 0 Å². The molecule has 1 unspecified atom stereocenters. The zero-order valence-electron chi connectivity index (χ0n) is 22.9. The van der Waals surface area contributed by atoms with Crippen molar-refractivity contribution in [1.82, 2.24) is 10.2 Å². The Kier molecular flexibility index (Phi) is 9.96. The molecule has 1 atom stereocenters. The second kappa shape index (κ2) is 13.6. The quantitative estimate of drug-likeness (QED) is 0.242. The number of halogens is 1. The Balaban J connectivity index is 1.77. The number of nitrogens with one attached hydrogen (secondary N) is 1. The minimum absolute atomic E-state index is 0.0745. The van der Waals surface area contributed by atoms with Crippen LogP contribution >= 0.6 is 15.9 Å². The van der Waals surface area contributed by atoms with Gasteiger partial charge in [-0.15, -0.1) is 0 Å². The Labute approximate surface area is 250 Å². The van der Waals surface area contributed by atoms with Gasteiger partial charge in [-0.3, -0.25) is 13.9 Å². The summed E-state index contributed by atoms with van der Waals surface area (Å²) >= 11 is 3.48. The van der Waals surface area contributed by atoms with Crippen LogP contribution in [0.15, 0.2) is 119 Å². The van der Waals surface area contributed by atoms with E-state index in [1.54, 1.807) is 42.5 Å². The van der Waals surface area contributed by atoms with E-state index in [1.165, 1.54) is 24.1 Å². The van der Waals surface area contributed by atoms with Crippen LogP contribution < -0.4 is 9.62 Å². The molecule has 0 heterocycles. The normalized spacial score (nSPS) is 11.9. The molecule has 7 nitrogen and oxygen atoms in total. The topological polar surface area (TPSA) is 86.8 Å². The van der Waals surface area contributed by atoms with E-state index in [4.69, 9.17) is 0 Å². The second-order valence-electron chi connectivity index (χ2n) is 9.63. The second-order valence-corrected chi connectivity index (χ2v) is 12.4. The Morgan fingerprint density at radius 2 is 1.44 bits per heavy atom. The molecule has 2 amide bonds. The maximum Gasteiger partial charge on any atom is 0.264 e. The number of anilines is 1. The van der Waals surface area contributed by atoms with Gasteiger partial charge in [0.15, 0.2) is 0 Å². The Bertz CT molecular complexity index is 1580. The first-order valence-corrected chi connectivity index (χ1v) is 15.4. The highest BCUT2D eigenvalue weighted by Crippen LogP contribution is 2.25. The van der Waals surface area contributed by atoms with Crippen LogP contribution in [0, 0.1) is 6.92 Å². The number of aryl methyl sites for hydroxylation is 1. The number of para-hydroxylation sites is 1. The van der Waals surface area contributed by atoms with Crippen LogP contribution in [-0.2, 0) is 32.6 Å². The van der Waals surface area contributed by atoms with E-state index < -0.39 is 28.5 Å². The van der Waals surface area contributed by atoms with Crippen molar-refractivity contribution in [2.75, 3.05) is 17.9 Å². The highest BCUT2D eigenvalue weighted by Gasteiger charge is 2.34. The predicted molar refractivity (Wildman–Crippen MR) is 165 cm³/mol.